The van der Waals surface area contributed by atoms with E-state index < -0.39 is 0 Å². The Kier molecular flexibility index (Phi) is 3.00. The SMILES string of the molecule is Cc1cccc(CN2C3CCC2c2cnc(C)nc2C3)n1. The van der Waals surface area contributed by atoms with Crippen LogP contribution in [-0.2, 0) is 13.0 Å². The van der Waals surface area contributed by atoms with Crippen LogP contribution >= 0.6 is 0 Å². The minimum absolute atomic E-state index is 0.474. The molecule has 4 heterocycles. The summed E-state index contributed by atoms with van der Waals surface area (Å²) < 4.78 is 0. The Morgan fingerprint density at radius 1 is 1.19 bits per heavy atom. The fraction of sp³-hybridized carbons (Fsp3) is 0.471. The van der Waals surface area contributed by atoms with Gasteiger partial charge in [-0.15, -0.1) is 0 Å². The van der Waals surface area contributed by atoms with Crippen molar-refractivity contribution < 1.29 is 0 Å². The maximum atomic E-state index is 4.66. The molecule has 2 aliphatic heterocycles. The number of aromatic nitrogens is 3. The monoisotopic (exact) mass is 280 g/mol. The fourth-order valence-electron chi connectivity index (χ4n) is 3.80. The minimum Gasteiger partial charge on any atom is -0.287 e. The van der Waals surface area contributed by atoms with E-state index in [4.69, 9.17) is 0 Å². The number of rotatable bonds is 2. The van der Waals surface area contributed by atoms with Crippen LogP contribution < -0.4 is 0 Å². The number of aryl methyl sites for hydroxylation is 2. The van der Waals surface area contributed by atoms with Gasteiger partial charge in [-0.1, -0.05) is 6.07 Å². The van der Waals surface area contributed by atoms with Crippen LogP contribution in [0.25, 0.3) is 0 Å². The van der Waals surface area contributed by atoms with Crippen molar-refractivity contribution in [3.05, 3.63) is 52.9 Å². The van der Waals surface area contributed by atoms with Gasteiger partial charge in [-0.05, 0) is 38.8 Å². The molecule has 2 aromatic rings. The van der Waals surface area contributed by atoms with Gasteiger partial charge in [-0.3, -0.25) is 9.88 Å². The van der Waals surface area contributed by atoms with Crippen molar-refractivity contribution in [3.63, 3.8) is 0 Å². The summed E-state index contributed by atoms with van der Waals surface area (Å²) in [5, 5.41) is 0. The van der Waals surface area contributed by atoms with Gasteiger partial charge in [0.2, 0.25) is 0 Å². The smallest absolute Gasteiger partial charge is 0.125 e. The molecule has 4 nitrogen and oxygen atoms in total. The first kappa shape index (κ1) is 12.9. The third-order valence-electron chi connectivity index (χ3n) is 4.74. The Morgan fingerprint density at radius 2 is 2.10 bits per heavy atom. The first-order chi connectivity index (χ1) is 10.2. The molecule has 2 bridgehead atoms. The van der Waals surface area contributed by atoms with Gasteiger partial charge in [0.1, 0.15) is 5.82 Å². The van der Waals surface area contributed by atoms with Crippen LogP contribution in [0.5, 0.6) is 0 Å². The summed E-state index contributed by atoms with van der Waals surface area (Å²) in [6.45, 7) is 4.97. The average Bonchev–Trinajstić information content (AvgIpc) is 2.73. The van der Waals surface area contributed by atoms with E-state index in [1.807, 2.05) is 13.1 Å². The fourth-order valence-corrected chi connectivity index (χ4v) is 3.80. The molecule has 2 atom stereocenters. The average molecular weight is 280 g/mol. The Balaban J connectivity index is 1.65. The maximum Gasteiger partial charge on any atom is 0.125 e. The van der Waals surface area contributed by atoms with E-state index in [2.05, 4.69) is 45.0 Å². The molecule has 2 aliphatic rings. The molecule has 4 heteroatoms. The van der Waals surface area contributed by atoms with Crippen molar-refractivity contribution >= 4 is 0 Å². The van der Waals surface area contributed by atoms with Crippen molar-refractivity contribution in [2.45, 2.75) is 51.7 Å². The molecule has 21 heavy (non-hydrogen) atoms. The molecule has 2 unspecified atom stereocenters. The Labute approximate surface area is 125 Å². The predicted molar refractivity (Wildman–Crippen MR) is 80.8 cm³/mol. The molecule has 0 N–H and O–H groups in total. The molecule has 2 aromatic heterocycles. The zero-order chi connectivity index (χ0) is 14.4. The zero-order valence-corrected chi connectivity index (χ0v) is 12.6. The highest BCUT2D eigenvalue weighted by molar-refractivity contribution is 5.29. The third-order valence-corrected chi connectivity index (χ3v) is 4.74. The first-order valence-corrected chi connectivity index (χ1v) is 7.71. The molecule has 0 aliphatic carbocycles. The lowest BCUT2D eigenvalue weighted by Gasteiger charge is -2.35. The van der Waals surface area contributed by atoms with Crippen molar-refractivity contribution in [2.24, 2.45) is 0 Å². The van der Waals surface area contributed by atoms with Gasteiger partial charge in [0, 0.05) is 42.5 Å². The summed E-state index contributed by atoms with van der Waals surface area (Å²) in [5.41, 5.74) is 4.87. The van der Waals surface area contributed by atoms with Gasteiger partial charge in [0.15, 0.2) is 0 Å². The Bertz CT molecular complexity index is 682. The summed E-state index contributed by atoms with van der Waals surface area (Å²) in [7, 11) is 0. The van der Waals surface area contributed by atoms with Gasteiger partial charge in [-0.25, -0.2) is 9.97 Å². The van der Waals surface area contributed by atoms with E-state index in [1.165, 1.54) is 29.8 Å². The van der Waals surface area contributed by atoms with Crippen molar-refractivity contribution in [1.82, 2.24) is 19.9 Å². The summed E-state index contributed by atoms with van der Waals surface area (Å²) >= 11 is 0. The number of nitrogens with zero attached hydrogens (tertiary/aromatic N) is 4. The van der Waals surface area contributed by atoms with Crippen LogP contribution in [-0.4, -0.2) is 25.9 Å². The molecule has 0 amide bonds. The standard InChI is InChI=1S/C17H20N4/c1-11-4-3-5-13(19-11)10-21-14-6-7-17(21)15-9-18-12(2)20-16(15)8-14/h3-5,9,14,17H,6-8,10H2,1-2H3. The van der Waals surface area contributed by atoms with Crippen molar-refractivity contribution in [3.8, 4) is 0 Å². The number of fused-ring (bicyclic) bond motifs is 4. The van der Waals surface area contributed by atoms with Gasteiger partial charge in [-0.2, -0.15) is 0 Å². The molecule has 108 valence electrons. The lowest BCUT2D eigenvalue weighted by Crippen LogP contribution is -2.37. The van der Waals surface area contributed by atoms with Gasteiger partial charge >= 0.3 is 0 Å². The normalized spacial score (nSPS) is 24.1. The van der Waals surface area contributed by atoms with Crippen LogP contribution in [0.3, 0.4) is 0 Å². The molecule has 1 saturated heterocycles. The van der Waals surface area contributed by atoms with E-state index in [1.54, 1.807) is 0 Å². The Morgan fingerprint density at radius 3 is 2.95 bits per heavy atom. The number of hydrogen-bond donors (Lipinski definition) is 0. The summed E-state index contributed by atoms with van der Waals surface area (Å²) in [6.07, 6.45) is 5.57. The van der Waals surface area contributed by atoms with Crippen LogP contribution in [0.4, 0.5) is 0 Å². The quantitative estimate of drug-likeness (QED) is 0.848. The van der Waals surface area contributed by atoms with Crippen LogP contribution in [0.1, 0.15) is 47.4 Å². The van der Waals surface area contributed by atoms with Crippen LogP contribution in [0, 0.1) is 13.8 Å². The topological polar surface area (TPSA) is 41.9 Å². The zero-order valence-electron chi connectivity index (χ0n) is 12.6. The highest BCUT2D eigenvalue weighted by atomic mass is 15.2. The highest BCUT2D eigenvalue weighted by Gasteiger charge is 2.40. The van der Waals surface area contributed by atoms with Crippen molar-refractivity contribution in [1.29, 1.82) is 0 Å². The third kappa shape index (κ3) is 2.23. The van der Waals surface area contributed by atoms with Crippen LogP contribution in [0.15, 0.2) is 24.4 Å². The first-order valence-electron chi connectivity index (χ1n) is 7.71. The van der Waals surface area contributed by atoms with Gasteiger partial charge in [0.05, 0.1) is 11.4 Å². The maximum absolute atomic E-state index is 4.66. The Hall–Kier alpha value is -1.81. The molecule has 4 rings (SSSR count). The van der Waals surface area contributed by atoms with E-state index >= 15 is 0 Å². The summed E-state index contributed by atoms with van der Waals surface area (Å²) in [5.74, 6) is 0.891. The predicted octanol–water partition coefficient (Wildman–Crippen LogP) is 2.75. The molecule has 0 saturated carbocycles. The lowest BCUT2D eigenvalue weighted by molar-refractivity contribution is 0.164. The number of pyridine rings is 1. The molecular weight excluding hydrogens is 260 g/mol. The van der Waals surface area contributed by atoms with Crippen molar-refractivity contribution in [2.75, 3.05) is 0 Å². The number of hydrogen-bond acceptors (Lipinski definition) is 4. The lowest BCUT2D eigenvalue weighted by atomic mass is 9.99. The second-order valence-corrected chi connectivity index (χ2v) is 6.21. The molecule has 0 aromatic carbocycles. The van der Waals surface area contributed by atoms with E-state index in [-0.39, 0.29) is 0 Å². The van der Waals surface area contributed by atoms with E-state index in [9.17, 15) is 0 Å². The van der Waals surface area contributed by atoms with E-state index in [0.29, 0.717) is 12.1 Å². The summed E-state index contributed by atoms with van der Waals surface area (Å²) in [6, 6.07) is 7.37. The molecule has 1 fully saturated rings. The summed E-state index contributed by atoms with van der Waals surface area (Å²) in [4.78, 5) is 16.3. The highest BCUT2D eigenvalue weighted by Crippen LogP contribution is 2.43. The minimum atomic E-state index is 0.474. The molecule has 0 radical (unpaired) electrons. The van der Waals surface area contributed by atoms with Crippen LogP contribution in [0.2, 0.25) is 0 Å². The molecule has 0 spiro atoms. The van der Waals surface area contributed by atoms with E-state index in [0.717, 1.165) is 24.5 Å². The van der Waals surface area contributed by atoms with Gasteiger partial charge in [0.25, 0.3) is 0 Å². The largest absolute Gasteiger partial charge is 0.287 e. The van der Waals surface area contributed by atoms with Gasteiger partial charge < -0.3 is 0 Å². The second kappa shape index (κ2) is 4.88. The second-order valence-electron chi connectivity index (χ2n) is 6.21. The molecular formula is C17H20N4.